The van der Waals surface area contributed by atoms with E-state index >= 15 is 4.39 Å². The first-order valence-electron chi connectivity index (χ1n) is 14.4. The van der Waals surface area contributed by atoms with Crippen LogP contribution in [0.1, 0.15) is 41.6 Å². The summed E-state index contributed by atoms with van der Waals surface area (Å²) in [5.41, 5.74) is 3.64. The van der Waals surface area contributed by atoms with Crippen LogP contribution >= 0.6 is 0 Å². The van der Waals surface area contributed by atoms with E-state index in [1.54, 1.807) is 25.2 Å². The minimum Gasteiger partial charge on any atom is -0.383 e. The molecule has 0 spiro atoms. The second-order valence-electron chi connectivity index (χ2n) is 11.1. The number of likely N-dealkylation sites (tertiary alicyclic amines) is 1. The number of methoxy groups -OCH3 is 2. The van der Waals surface area contributed by atoms with Crippen LogP contribution in [0.3, 0.4) is 0 Å². The molecule has 2 atom stereocenters. The molecule has 1 aliphatic heterocycles. The van der Waals surface area contributed by atoms with Crippen molar-refractivity contribution in [2.75, 3.05) is 40.5 Å². The molecule has 3 aliphatic rings. The van der Waals surface area contributed by atoms with Crippen molar-refractivity contribution in [1.29, 1.82) is 0 Å². The molecule has 2 aliphatic carbocycles. The zero-order valence-electron chi connectivity index (χ0n) is 24.1. The molecule has 0 radical (unpaired) electrons. The van der Waals surface area contributed by atoms with E-state index in [-0.39, 0.29) is 41.7 Å². The van der Waals surface area contributed by atoms with Gasteiger partial charge in [0.05, 0.1) is 23.8 Å². The lowest BCUT2D eigenvalue weighted by Gasteiger charge is -2.33. The number of fused-ring (bicyclic) bond motifs is 1. The van der Waals surface area contributed by atoms with Crippen molar-refractivity contribution < 1.29 is 23.5 Å². The van der Waals surface area contributed by atoms with Gasteiger partial charge in [-0.15, -0.1) is 0 Å². The van der Waals surface area contributed by atoms with E-state index in [9.17, 15) is 9.59 Å². The quantitative estimate of drug-likeness (QED) is 0.450. The molecule has 1 fully saturated rings. The number of carbonyl (C=O) groups excluding carboxylic acids is 2. The number of allylic oxidation sites excluding steroid dienone is 4. The van der Waals surface area contributed by atoms with Gasteiger partial charge in [0, 0.05) is 69.9 Å². The Bertz CT molecular complexity index is 1410. The molecule has 2 heterocycles. The van der Waals surface area contributed by atoms with E-state index in [4.69, 9.17) is 14.6 Å². The number of nitrogens with zero attached hydrogens (tertiary/aromatic N) is 3. The second-order valence-corrected chi connectivity index (χ2v) is 11.1. The number of rotatable bonds is 9. The second kappa shape index (κ2) is 13.0. The third-order valence-electron chi connectivity index (χ3n) is 8.43. The predicted molar refractivity (Wildman–Crippen MR) is 156 cm³/mol. The van der Waals surface area contributed by atoms with Gasteiger partial charge >= 0.3 is 0 Å². The van der Waals surface area contributed by atoms with E-state index in [1.165, 1.54) is 0 Å². The van der Waals surface area contributed by atoms with Crippen LogP contribution in [0.4, 0.5) is 4.39 Å². The first-order valence-corrected chi connectivity index (χ1v) is 14.4. The molecule has 2 aromatic rings. The van der Waals surface area contributed by atoms with Crippen molar-refractivity contribution in [3.05, 3.63) is 76.8 Å². The van der Waals surface area contributed by atoms with E-state index in [2.05, 4.69) is 11.4 Å². The lowest BCUT2D eigenvalue weighted by atomic mass is 9.85. The number of hydrogen-bond donors (Lipinski definition) is 1. The van der Waals surface area contributed by atoms with Crippen LogP contribution < -0.4 is 5.32 Å². The summed E-state index contributed by atoms with van der Waals surface area (Å²) in [6, 6.07) is 3.70. The van der Waals surface area contributed by atoms with Gasteiger partial charge in [-0.3, -0.25) is 14.3 Å². The van der Waals surface area contributed by atoms with Crippen molar-refractivity contribution >= 4 is 22.7 Å². The first-order chi connectivity index (χ1) is 19.9. The van der Waals surface area contributed by atoms with Gasteiger partial charge in [0.1, 0.15) is 5.83 Å². The molecule has 8 nitrogen and oxygen atoms in total. The Balaban J connectivity index is 1.15. The van der Waals surface area contributed by atoms with Crippen LogP contribution in [-0.4, -0.2) is 73.1 Å². The predicted octanol–water partition coefficient (Wildman–Crippen LogP) is 4.66. The Morgan fingerprint density at radius 3 is 2.63 bits per heavy atom. The molecule has 1 aromatic carbocycles. The molecular formula is C32H39FN4O4. The number of benzene rings is 1. The zero-order chi connectivity index (χ0) is 28.9. The monoisotopic (exact) mass is 562 g/mol. The van der Waals surface area contributed by atoms with Crippen LogP contribution in [0, 0.1) is 18.8 Å². The molecule has 218 valence electrons. The number of amides is 2. The van der Waals surface area contributed by atoms with Crippen molar-refractivity contribution in [2.24, 2.45) is 11.8 Å². The molecule has 41 heavy (non-hydrogen) atoms. The molecule has 1 saturated heterocycles. The summed E-state index contributed by atoms with van der Waals surface area (Å²) >= 11 is 0. The van der Waals surface area contributed by atoms with Gasteiger partial charge in [-0.05, 0) is 55.4 Å². The van der Waals surface area contributed by atoms with Gasteiger partial charge in [-0.25, -0.2) is 4.39 Å². The van der Waals surface area contributed by atoms with Gasteiger partial charge in [-0.2, -0.15) is 5.10 Å². The van der Waals surface area contributed by atoms with Gasteiger partial charge in [0.2, 0.25) is 0 Å². The highest BCUT2D eigenvalue weighted by molar-refractivity contribution is 6.00. The molecule has 2 amide bonds. The Morgan fingerprint density at radius 2 is 1.95 bits per heavy atom. The third-order valence-corrected chi connectivity index (χ3v) is 8.43. The van der Waals surface area contributed by atoms with Gasteiger partial charge in [0.25, 0.3) is 11.8 Å². The molecular weight excluding hydrogens is 523 g/mol. The largest absolute Gasteiger partial charge is 0.383 e. The molecule has 2 unspecified atom stereocenters. The minimum atomic E-state index is -0.335. The number of piperidine rings is 1. The van der Waals surface area contributed by atoms with Crippen molar-refractivity contribution in [3.8, 4) is 0 Å². The van der Waals surface area contributed by atoms with Crippen LogP contribution in [0.2, 0.25) is 0 Å². The summed E-state index contributed by atoms with van der Waals surface area (Å²) in [5.74, 6) is -0.375. The SMILES string of the molecule is COCCNC(=O)c1ccc2nn(CC3CCN(C(=O)C4=C(F)CC(C5=CCC(OC)C=C5)C=C4)CC3)cc2c1C. The van der Waals surface area contributed by atoms with Crippen molar-refractivity contribution in [3.63, 3.8) is 0 Å². The van der Waals surface area contributed by atoms with Gasteiger partial charge in [-0.1, -0.05) is 30.4 Å². The lowest BCUT2D eigenvalue weighted by molar-refractivity contribution is -0.128. The fraction of sp³-hybridized carbons (Fsp3) is 0.469. The number of halogens is 1. The molecule has 9 heteroatoms. The maximum atomic E-state index is 15.1. The summed E-state index contributed by atoms with van der Waals surface area (Å²) in [5, 5.41) is 8.57. The van der Waals surface area contributed by atoms with E-state index in [1.807, 2.05) is 48.2 Å². The van der Waals surface area contributed by atoms with Crippen LogP contribution in [-0.2, 0) is 20.8 Å². The first kappa shape index (κ1) is 29.0. The Kier molecular flexibility index (Phi) is 9.15. The highest BCUT2D eigenvalue weighted by atomic mass is 19.1. The highest BCUT2D eigenvalue weighted by Gasteiger charge is 2.29. The molecule has 0 bridgehead atoms. The van der Waals surface area contributed by atoms with Crippen LogP contribution in [0.5, 0.6) is 0 Å². The normalized spacial score (nSPS) is 21.5. The average molecular weight is 563 g/mol. The van der Waals surface area contributed by atoms with E-state index < -0.39 is 0 Å². The number of hydrogen-bond acceptors (Lipinski definition) is 5. The number of nitrogens with one attached hydrogen (secondary N) is 1. The lowest BCUT2D eigenvalue weighted by Crippen LogP contribution is -2.40. The standard InChI is InChI=1S/C32H39FN4O4/c1-21-26(31(38)34-14-17-40-2)10-11-30-28(21)20-37(35-30)19-22-12-15-36(16-13-22)32(39)27-9-6-24(18-29(27)33)23-4-7-25(41-3)8-5-23/h4-7,9-11,20,22,24-25H,8,12-19H2,1-3H3,(H,34,38). The number of aryl methyl sites for hydroxylation is 1. The summed E-state index contributed by atoms with van der Waals surface area (Å²) in [7, 11) is 3.29. The Morgan fingerprint density at radius 1 is 1.15 bits per heavy atom. The van der Waals surface area contributed by atoms with Crippen molar-refractivity contribution in [1.82, 2.24) is 20.0 Å². The van der Waals surface area contributed by atoms with Gasteiger partial charge < -0.3 is 19.7 Å². The summed E-state index contributed by atoms with van der Waals surface area (Å²) < 4.78 is 27.4. The van der Waals surface area contributed by atoms with Crippen LogP contribution in [0.25, 0.3) is 10.9 Å². The maximum absolute atomic E-state index is 15.1. The third kappa shape index (κ3) is 6.52. The highest BCUT2D eigenvalue weighted by Crippen LogP contribution is 2.33. The summed E-state index contributed by atoms with van der Waals surface area (Å²) in [4.78, 5) is 27.5. The Hall–Kier alpha value is -3.56. The number of carbonyl (C=O) groups is 2. The molecule has 1 aromatic heterocycles. The number of aromatic nitrogens is 2. The molecule has 1 N–H and O–H groups in total. The van der Waals surface area contributed by atoms with E-state index in [0.29, 0.717) is 37.7 Å². The average Bonchev–Trinajstić information content (AvgIpc) is 3.41. The maximum Gasteiger partial charge on any atom is 0.256 e. The van der Waals surface area contributed by atoms with Crippen LogP contribution in [0.15, 0.2) is 65.7 Å². The smallest absolute Gasteiger partial charge is 0.256 e. The number of ether oxygens (including phenoxy) is 2. The topological polar surface area (TPSA) is 85.7 Å². The van der Waals surface area contributed by atoms with Gasteiger partial charge in [0.15, 0.2) is 0 Å². The zero-order valence-corrected chi connectivity index (χ0v) is 24.1. The minimum absolute atomic E-state index is 0.0549. The fourth-order valence-electron chi connectivity index (χ4n) is 5.89. The summed E-state index contributed by atoms with van der Waals surface area (Å²) in [6.07, 6.45) is 14.4. The van der Waals surface area contributed by atoms with E-state index in [0.717, 1.165) is 47.8 Å². The molecule has 5 rings (SSSR count). The Labute approximate surface area is 240 Å². The summed E-state index contributed by atoms with van der Waals surface area (Å²) in [6.45, 7) is 4.78. The molecule has 0 saturated carbocycles. The van der Waals surface area contributed by atoms with Crippen molar-refractivity contribution in [2.45, 2.75) is 45.3 Å². The fourth-order valence-corrected chi connectivity index (χ4v) is 5.89.